The minimum Gasteiger partial charge on any atom is -0.313 e. The lowest BCUT2D eigenvalue weighted by atomic mass is 9.97. The van der Waals surface area contributed by atoms with Gasteiger partial charge in [0, 0.05) is 17.7 Å². The maximum Gasteiger partial charge on any atom is 0.269 e. The van der Waals surface area contributed by atoms with E-state index in [1.807, 2.05) is 19.1 Å². The molecule has 0 saturated heterocycles. The molecule has 2 aromatic carbocycles. The van der Waals surface area contributed by atoms with E-state index in [0.717, 1.165) is 5.56 Å². The molecule has 1 aromatic heterocycles. The van der Waals surface area contributed by atoms with Gasteiger partial charge in [0.05, 0.1) is 11.0 Å². The molecular weight excluding hydrogens is 378 g/mol. The average molecular weight is 395 g/mol. The molecule has 8 nitrogen and oxygen atoms in total. The summed E-state index contributed by atoms with van der Waals surface area (Å²) in [6, 6.07) is 13.3. The van der Waals surface area contributed by atoms with Crippen molar-refractivity contribution in [2.24, 2.45) is 0 Å². The SMILES string of the molecule is Cc1ccc(C(=O)[C@H]2Sc3nnc(C)n3N[C@H]2c2cccc([N+](=O)[O-])c2)cc1. The van der Waals surface area contributed by atoms with Crippen LogP contribution < -0.4 is 5.43 Å². The predicted octanol–water partition coefficient (Wildman–Crippen LogP) is 3.45. The van der Waals surface area contributed by atoms with Gasteiger partial charge in [-0.1, -0.05) is 53.7 Å². The first-order valence-electron chi connectivity index (χ1n) is 8.64. The molecule has 0 bridgehead atoms. The summed E-state index contributed by atoms with van der Waals surface area (Å²) in [4.78, 5) is 24.0. The van der Waals surface area contributed by atoms with Crippen molar-refractivity contribution in [3.8, 4) is 0 Å². The number of benzene rings is 2. The van der Waals surface area contributed by atoms with Crippen molar-refractivity contribution >= 4 is 23.2 Å². The highest BCUT2D eigenvalue weighted by atomic mass is 32.2. The second-order valence-corrected chi connectivity index (χ2v) is 7.70. The first-order chi connectivity index (χ1) is 13.4. The van der Waals surface area contributed by atoms with Gasteiger partial charge in [0.25, 0.3) is 5.69 Å². The summed E-state index contributed by atoms with van der Waals surface area (Å²) in [5.74, 6) is 0.583. The van der Waals surface area contributed by atoms with Crippen LogP contribution in [-0.2, 0) is 0 Å². The monoisotopic (exact) mass is 395 g/mol. The van der Waals surface area contributed by atoms with E-state index < -0.39 is 16.2 Å². The number of aromatic nitrogens is 3. The summed E-state index contributed by atoms with van der Waals surface area (Å²) in [6.07, 6.45) is 0. The molecule has 1 aliphatic heterocycles. The molecule has 2 atom stereocenters. The highest BCUT2D eigenvalue weighted by molar-refractivity contribution is 8.00. The number of nitrogens with one attached hydrogen (secondary N) is 1. The van der Waals surface area contributed by atoms with Crippen molar-refractivity contribution in [3.63, 3.8) is 0 Å². The summed E-state index contributed by atoms with van der Waals surface area (Å²) >= 11 is 1.31. The first kappa shape index (κ1) is 18.2. The van der Waals surface area contributed by atoms with Gasteiger partial charge in [0.15, 0.2) is 5.78 Å². The molecule has 0 aliphatic carbocycles. The highest BCUT2D eigenvalue weighted by Crippen LogP contribution is 2.39. The summed E-state index contributed by atoms with van der Waals surface area (Å²) < 4.78 is 1.72. The fourth-order valence-electron chi connectivity index (χ4n) is 3.12. The Kier molecular flexibility index (Phi) is 4.60. The molecule has 0 radical (unpaired) electrons. The van der Waals surface area contributed by atoms with Gasteiger partial charge >= 0.3 is 0 Å². The van der Waals surface area contributed by atoms with Crippen LogP contribution in [0.4, 0.5) is 5.69 Å². The standard InChI is InChI=1S/C19H17N5O3S/c1-11-6-8-13(9-7-11)17(25)18-16(14-4-3-5-15(10-14)24(26)27)22-23-12(2)20-21-19(23)28-18/h3-10,16,18,22H,1-2H3/t16-,18-/m0/s1. The summed E-state index contributed by atoms with van der Waals surface area (Å²) in [5.41, 5.74) is 5.56. The molecule has 0 unspecified atom stereocenters. The van der Waals surface area contributed by atoms with E-state index >= 15 is 0 Å². The zero-order valence-electron chi connectivity index (χ0n) is 15.2. The molecular formula is C19H17N5O3S. The number of Topliss-reactive ketones (excluding diaryl/α,β-unsaturated/α-hetero) is 1. The minimum absolute atomic E-state index is 0.0166. The van der Waals surface area contributed by atoms with E-state index in [1.165, 1.54) is 23.9 Å². The molecule has 2 heterocycles. The van der Waals surface area contributed by atoms with Crippen molar-refractivity contribution in [1.82, 2.24) is 14.9 Å². The number of hydrogen-bond acceptors (Lipinski definition) is 7. The summed E-state index contributed by atoms with van der Waals surface area (Å²) in [6.45, 7) is 3.76. The number of carbonyl (C=O) groups is 1. The van der Waals surface area contributed by atoms with Crippen LogP contribution in [0.5, 0.6) is 0 Å². The number of rotatable bonds is 4. The average Bonchev–Trinajstić information content (AvgIpc) is 3.07. The van der Waals surface area contributed by atoms with Crippen LogP contribution in [0.2, 0.25) is 0 Å². The van der Waals surface area contributed by atoms with Crippen LogP contribution in [-0.4, -0.2) is 30.8 Å². The van der Waals surface area contributed by atoms with E-state index in [4.69, 9.17) is 0 Å². The van der Waals surface area contributed by atoms with E-state index in [1.54, 1.807) is 35.9 Å². The van der Waals surface area contributed by atoms with Crippen LogP contribution in [0.1, 0.15) is 33.4 Å². The number of aryl methyl sites for hydroxylation is 2. The van der Waals surface area contributed by atoms with Crippen molar-refractivity contribution in [1.29, 1.82) is 0 Å². The lowest BCUT2D eigenvalue weighted by molar-refractivity contribution is -0.384. The Hall–Kier alpha value is -3.20. The van der Waals surface area contributed by atoms with Crippen LogP contribution in [0.3, 0.4) is 0 Å². The molecule has 0 spiro atoms. The van der Waals surface area contributed by atoms with E-state index in [-0.39, 0.29) is 11.5 Å². The number of thioether (sulfide) groups is 1. The Balaban J connectivity index is 1.77. The molecule has 1 aliphatic rings. The Morgan fingerprint density at radius 3 is 2.64 bits per heavy atom. The fraction of sp³-hybridized carbons (Fsp3) is 0.211. The zero-order valence-corrected chi connectivity index (χ0v) is 16.0. The molecule has 28 heavy (non-hydrogen) atoms. The van der Waals surface area contributed by atoms with Crippen LogP contribution in [0, 0.1) is 24.0 Å². The highest BCUT2D eigenvalue weighted by Gasteiger charge is 2.38. The number of nitro benzene ring substituents is 1. The molecule has 0 fully saturated rings. The van der Waals surface area contributed by atoms with Gasteiger partial charge in [-0.3, -0.25) is 14.9 Å². The topological polar surface area (TPSA) is 103 Å². The van der Waals surface area contributed by atoms with Crippen molar-refractivity contribution in [3.05, 3.63) is 81.2 Å². The first-order valence-corrected chi connectivity index (χ1v) is 9.52. The molecule has 0 saturated carbocycles. The van der Waals surface area contributed by atoms with Crippen molar-refractivity contribution in [2.75, 3.05) is 5.43 Å². The molecule has 9 heteroatoms. The van der Waals surface area contributed by atoms with Gasteiger partial charge in [-0.05, 0) is 19.4 Å². The lowest BCUT2D eigenvalue weighted by Gasteiger charge is -2.32. The maximum atomic E-state index is 13.3. The van der Waals surface area contributed by atoms with Crippen LogP contribution >= 0.6 is 11.8 Å². The van der Waals surface area contributed by atoms with Gasteiger partial charge in [0.2, 0.25) is 5.16 Å². The third kappa shape index (κ3) is 3.24. The number of carbonyl (C=O) groups excluding carboxylic acids is 1. The largest absolute Gasteiger partial charge is 0.313 e. The van der Waals surface area contributed by atoms with Crippen molar-refractivity contribution in [2.45, 2.75) is 30.3 Å². The summed E-state index contributed by atoms with van der Waals surface area (Å²) in [5, 5.41) is 19.4. The second-order valence-electron chi connectivity index (χ2n) is 6.59. The lowest BCUT2D eigenvalue weighted by Crippen LogP contribution is -2.39. The minimum atomic E-state index is -0.541. The molecule has 3 aromatic rings. The van der Waals surface area contributed by atoms with Gasteiger partial charge in [-0.25, -0.2) is 4.68 Å². The zero-order chi connectivity index (χ0) is 19.8. The van der Waals surface area contributed by atoms with Crippen LogP contribution in [0.15, 0.2) is 53.7 Å². The normalized spacial score (nSPS) is 18.2. The van der Waals surface area contributed by atoms with Gasteiger partial charge in [-0.2, -0.15) is 0 Å². The van der Waals surface area contributed by atoms with E-state index in [2.05, 4.69) is 15.6 Å². The Bertz CT molecular complexity index is 1060. The Labute approximate surface area is 165 Å². The summed E-state index contributed by atoms with van der Waals surface area (Å²) in [7, 11) is 0. The number of nitrogens with zero attached hydrogens (tertiary/aromatic N) is 4. The number of nitro groups is 1. The number of hydrogen-bond donors (Lipinski definition) is 1. The fourth-order valence-corrected chi connectivity index (χ4v) is 4.33. The number of non-ortho nitro benzene ring substituents is 1. The van der Waals surface area contributed by atoms with Gasteiger partial charge in [-0.15, -0.1) is 10.2 Å². The van der Waals surface area contributed by atoms with Gasteiger partial charge in [0.1, 0.15) is 11.1 Å². The second kappa shape index (κ2) is 7.08. The van der Waals surface area contributed by atoms with E-state index in [9.17, 15) is 14.9 Å². The predicted molar refractivity (Wildman–Crippen MR) is 105 cm³/mol. The maximum absolute atomic E-state index is 13.3. The van der Waals surface area contributed by atoms with Crippen LogP contribution in [0.25, 0.3) is 0 Å². The van der Waals surface area contributed by atoms with Crippen molar-refractivity contribution < 1.29 is 9.72 Å². The number of ketones is 1. The van der Waals surface area contributed by atoms with E-state index in [0.29, 0.717) is 22.1 Å². The number of fused-ring (bicyclic) bond motifs is 1. The Morgan fingerprint density at radius 1 is 1.18 bits per heavy atom. The third-order valence-corrected chi connectivity index (χ3v) is 5.85. The third-order valence-electron chi connectivity index (χ3n) is 4.63. The van der Waals surface area contributed by atoms with Gasteiger partial charge < -0.3 is 5.43 Å². The molecule has 4 rings (SSSR count). The molecule has 1 N–H and O–H groups in total. The Morgan fingerprint density at radius 2 is 1.93 bits per heavy atom. The molecule has 0 amide bonds. The quantitative estimate of drug-likeness (QED) is 0.410. The molecule has 142 valence electrons. The smallest absolute Gasteiger partial charge is 0.269 e.